The van der Waals surface area contributed by atoms with E-state index in [-0.39, 0.29) is 41.0 Å². The second-order valence-electron chi connectivity index (χ2n) is 9.62. The lowest BCUT2D eigenvalue weighted by molar-refractivity contribution is -0.154. The topological polar surface area (TPSA) is 95.9 Å². The summed E-state index contributed by atoms with van der Waals surface area (Å²) in [6.07, 6.45) is 1.12. The van der Waals surface area contributed by atoms with Gasteiger partial charge in [0.25, 0.3) is 0 Å². The van der Waals surface area contributed by atoms with Crippen LogP contribution in [0.3, 0.4) is 0 Å². The maximum atomic E-state index is 14.0. The number of nitrogens with one attached hydrogen (secondary N) is 1. The van der Waals surface area contributed by atoms with Crippen LogP contribution in [0.5, 0.6) is 0 Å². The number of likely N-dealkylation sites (tertiary alicyclic amines) is 1. The zero-order valence-corrected chi connectivity index (χ0v) is 22.5. The Labute approximate surface area is 217 Å². The first-order valence-corrected chi connectivity index (χ1v) is 13.8. The molecule has 3 fully saturated rings. The Hall–Kier alpha value is -1.29. The van der Waals surface area contributed by atoms with Crippen LogP contribution < -0.4 is 5.32 Å². The molecule has 2 N–H and O–H groups in total. The van der Waals surface area contributed by atoms with Crippen LogP contribution in [0.1, 0.15) is 33.6 Å². The van der Waals surface area contributed by atoms with Crippen molar-refractivity contribution in [2.24, 2.45) is 17.8 Å². The monoisotopic (exact) mass is 572 g/mol. The Morgan fingerprint density at radius 2 is 2.03 bits per heavy atom. The number of amides is 2. The third-order valence-electron chi connectivity index (χ3n) is 6.99. The van der Waals surface area contributed by atoms with Gasteiger partial charge in [-0.3, -0.25) is 14.4 Å². The van der Waals surface area contributed by atoms with E-state index in [2.05, 4.69) is 21.2 Å². The molecule has 0 radical (unpaired) electrons. The molecule has 3 unspecified atom stereocenters. The Kier molecular flexibility index (Phi) is 7.58. The van der Waals surface area contributed by atoms with Crippen molar-refractivity contribution >= 4 is 62.8 Å². The van der Waals surface area contributed by atoms with Gasteiger partial charge in [0.05, 0.1) is 35.8 Å². The fourth-order valence-electron chi connectivity index (χ4n) is 5.83. The minimum atomic E-state index is -0.828. The molecule has 3 saturated heterocycles. The predicted molar refractivity (Wildman–Crippen MR) is 136 cm³/mol. The first-order chi connectivity index (χ1) is 16.1. The number of halogens is 2. The fourth-order valence-corrected chi connectivity index (χ4v) is 9.55. The van der Waals surface area contributed by atoms with Crippen molar-refractivity contribution in [3.8, 4) is 0 Å². The van der Waals surface area contributed by atoms with E-state index in [1.54, 1.807) is 47.9 Å². The second-order valence-corrected chi connectivity index (χ2v) is 12.8. The van der Waals surface area contributed by atoms with Crippen molar-refractivity contribution in [1.29, 1.82) is 0 Å². The number of alkyl halides is 1. The first-order valence-electron chi connectivity index (χ1n) is 11.6. The van der Waals surface area contributed by atoms with Gasteiger partial charge in [-0.05, 0) is 49.9 Å². The van der Waals surface area contributed by atoms with E-state index >= 15 is 0 Å². The van der Waals surface area contributed by atoms with E-state index in [1.165, 1.54) is 0 Å². The van der Waals surface area contributed by atoms with E-state index in [1.807, 2.05) is 13.8 Å². The van der Waals surface area contributed by atoms with Crippen molar-refractivity contribution < 1.29 is 24.2 Å². The van der Waals surface area contributed by atoms with Gasteiger partial charge in [-0.15, -0.1) is 11.8 Å². The van der Waals surface area contributed by atoms with Gasteiger partial charge in [0.1, 0.15) is 6.04 Å². The first kappa shape index (κ1) is 25.8. The van der Waals surface area contributed by atoms with E-state index < -0.39 is 34.6 Å². The van der Waals surface area contributed by atoms with E-state index in [0.717, 1.165) is 0 Å². The highest BCUT2D eigenvalue weighted by Crippen LogP contribution is 2.68. The van der Waals surface area contributed by atoms with Crippen LogP contribution in [0.2, 0.25) is 5.02 Å². The number of benzene rings is 1. The summed E-state index contributed by atoms with van der Waals surface area (Å²) in [5.74, 6) is -2.06. The average molecular weight is 574 g/mol. The third-order valence-corrected chi connectivity index (χ3v) is 10.5. The maximum absolute atomic E-state index is 14.0. The van der Waals surface area contributed by atoms with Crippen LogP contribution >= 0.6 is 39.3 Å². The molecule has 1 aromatic carbocycles. The third kappa shape index (κ3) is 4.27. The van der Waals surface area contributed by atoms with Gasteiger partial charge in [-0.1, -0.05) is 41.4 Å². The number of esters is 1. The standard InChI is InChI=1S/C24H30BrClN2O5S/c1-4-33-23(32)17-18-22(31)28(15(11-29)9-12(2)3)20(24(18)10-16(25)19(17)34-24)21(30)27-14-7-5-13(26)6-8-14/h5-8,12,15-20,29H,4,9-11H2,1-3H3,(H,27,30)/t15-,16?,17+,18+,19+,20?,24?/m1/s1. The number of carbonyl (C=O) groups is 3. The number of ether oxygens (including phenoxy) is 1. The smallest absolute Gasteiger partial charge is 0.310 e. The Morgan fingerprint density at radius 1 is 1.35 bits per heavy atom. The quantitative estimate of drug-likeness (QED) is 0.364. The van der Waals surface area contributed by atoms with E-state index in [0.29, 0.717) is 23.6 Å². The van der Waals surface area contributed by atoms with Gasteiger partial charge in [0, 0.05) is 20.8 Å². The summed E-state index contributed by atoms with van der Waals surface area (Å²) < 4.78 is 4.58. The molecule has 0 saturated carbocycles. The number of hydrogen-bond acceptors (Lipinski definition) is 6. The van der Waals surface area contributed by atoms with Gasteiger partial charge in [-0.25, -0.2) is 0 Å². The lowest BCUT2D eigenvalue weighted by Crippen LogP contribution is -2.55. The molecule has 0 aromatic heterocycles. The van der Waals surface area contributed by atoms with Gasteiger partial charge >= 0.3 is 5.97 Å². The number of aliphatic hydroxyl groups excluding tert-OH is 1. The zero-order valence-electron chi connectivity index (χ0n) is 19.4. The minimum absolute atomic E-state index is 0.0283. The molecular formula is C24H30BrClN2O5S. The summed E-state index contributed by atoms with van der Waals surface area (Å²) in [5.41, 5.74) is 0.570. The number of thioether (sulfide) groups is 1. The van der Waals surface area contributed by atoms with Crippen LogP contribution in [0, 0.1) is 17.8 Å². The number of anilines is 1. The average Bonchev–Trinajstić information content (AvgIpc) is 3.37. The SMILES string of the molecule is CCOC(=O)[C@H]1[C@H]2C(=O)N([C@@H](CO)CC(C)C)C(C(=O)Nc3ccc(Cl)cc3)C23CC(Br)[C@@H]1S3. The summed E-state index contributed by atoms with van der Waals surface area (Å²) >= 11 is 11.3. The van der Waals surface area contributed by atoms with Gasteiger partial charge in [0.15, 0.2) is 0 Å². The van der Waals surface area contributed by atoms with Gasteiger partial charge in [0.2, 0.25) is 11.8 Å². The molecule has 186 valence electrons. The summed E-state index contributed by atoms with van der Waals surface area (Å²) in [5, 5.41) is 13.6. The molecule has 0 aliphatic carbocycles. The number of rotatable bonds is 8. The van der Waals surface area contributed by atoms with Crippen molar-refractivity contribution in [2.45, 2.75) is 60.5 Å². The molecule has 2 amide bonds. The molecule has 7 nitrogen and oxygen atoms in total. The molecule has 1 spiro atoms. The van der Waals surface area contributed by atoms with Gasteiger partial charge < -0.3 is 20.1 Å². The number of hydrogen-bond donors (Lipinski definition) is 2. The molecule has 7 atom stereocenters. The van der Waals surface area contributed by atoms with Crippen molar-refractivity contribution in [1.82, 2.24) is 4.90 Å². The molecule has 2 bridgehead atoms. The summed E-state index contributed by atoms with van der Waals surface area (Å²) in [4.78, 5) is 42.3. The van der Waals surface area contributed by atoms with Crippen molar-refractivity contribution in [2.75, 3.05) is 18.5 Å². The Morgan fingerprint density at radius 3 is 2.62 bits per heavy atom. The highest BCUT2D eigenvalue weighted by Gasteiger charge is 2.76. The highest BCUT2D eigenvalue weighted by atomic mass is 79.9. The lowest BCUT2D eigenvalue weighted by atomic mass is 9.71. The maximum Gasteiger partial charge on any atom is 0.310 e. The van der Waals surface area contributed by atoms with E-state index in [9.17, 15) is 19.5 Å². The number of nitrogens with zero attached hydrogens (tertiary/aromatic N) is 1. The van der Waals surface area contributed by atoms with E-state index in [4.69, 9.17) is 16.3 Å². The molecule has 3 aliphatic rings. The lowest BCUT2D eigenvalue weighted by Gasteiger charge is -2.37. The summed E-state index contributed by atoms with van der Waals surface area (Å²) in [6.45, 7) is 5.75. The number of aliphatic hydroxyl groups is 1. The van der Waals surface area contributed by atoms with Crippen molar-refractivity contribution in [3.05, 3.63) is 29.3 Å². The number of carbonyl (C=O) groups excluding carboxylic acids is 3. The van der Waals surface area contributed by atoms with Crippen LogP contribution in [0.15, 0.2) is 24.3 Å². The Balaban J connectivity index is 1.76. The molecule has 10 heteroatoms. The minimum Gasteiger partial charge on any atom is -0.466 e. The van der Waals surface area contributed by atoms with Crippen molar-refractivity contribution in [3.63, 3.8) is 0 Å². The fraction of sp³-hybridized carbons (Fsp3) is 0.625. The Bertz CT molecular complexity index is 963. The molecule has 4 rings (SSSR count). The van der Waals surface area contributed by atoms with Gasteiger partial charge in [-0.2, -0.15) is 0 Å². The van der Waals surface area contributed by atoms with Crippen LogP contribution in [-0.4, -0.2) is 67.9 Å². The molecule has 3 aliphatic heterocycles. The zero-order chi connectivity index (χ0) is 24.8. The predicted octanol–water partition coefficient (Wildman–Crippen LogP) is 3.71. The summed E-state index contributed by atoms with van der Waals surface area (Å²) in [6, 6.07) is 5.44. The molecular weight excluding hydrogens is 544 g/mol. The number of fused-ring (bicyclic) bond motifs is 1. The highest BCUT2D eigenvalue weighted by molar-refractivity contribution is 9.09. The molecule has 3 heterocycles. The normalized spacial score (nSPS) is 32.7. The molecule has 1 aromatic rings. The van der Waals surface area contributed by atoms with Crippen LogP contribution in [0.4, 0.5) is 5.69 Å². The second kappa shape index (κ2) is 9.99. The molecule has 34 heavy (non-hydrogen) atoms. The summed E-state index contributed by atoms with van der Waals surface area (Å²) in [7, 11) is 0. The van der Waals surface area contributed by atoms with Crippen LogP contribution in [-0.2, 0) is 19.1 Å². The largest absolute Gasteiger partial charge is 0.466 e. The van der Waals surface area contributed by atoms with Crippen LogP contribution in [0.25, 0.3) is 0 Å².